The second-order valence-electron chi connectivity index (χ2n) is 6.89. The second kappa shape index (κ2) is 8.18. The molecule has 1 unspecified atom stereocenters. The minimum absolute atomic E-state index is 0.430. The van der Waals surface area contributed by atoms with Gasteiger partial charge in [-0.15, -0.1) is 0 Å². The molecule has 0 N–H and O–H groups in total. The van der Waals surface area contributed by atoms with Crippen LogP contribution in [-0.4, -0.2) is 24.7 Å². The molecular weight excluding hydrogens is 383 g/mol. The normalized spacial score (nSPS) is 13.6. The fraction of sp³-hybridized carbons (Fsp3) is 0.167. The molecular formula is C24H25O4P. The molecule has 0 aliphatic carbocycles. The van der Waals surface area contributed by atoms with Crippen molar-refractivity contribution >= 4 is 34.7 Å². The topological polar surface area (TPSA) is 52.6 Å². The van der Waals surface area contributed by atoms with E-state index in [4.69, 9.17) is 9.26 Å². The third kappa shape index (κ3) is 3.14. The molecule has 0 fully saturated rings. The van der Waals surface area contributed by atoms with Crippen molar-refractivity contribution in [3.8, 4) is 0 Å². The van der Waals surface area contributed by atoms with Crippen molar-refractivity contribution in [1.29, 1.82) is 0 Å². The summed E-state index contributed by atoms with van der Waals surface area (Å²) in [5.74, 6) is -0.879. The van der Waals surface area contributed by atoms with Crippen molar-refractivity contribution in [1.82, 2.24) is 0 Å². The molecule has 0 heterocycles. The third-order valence-electron chi connectivity index (χ3n) is 5.41. The van der Waals surface area contributed by atoms with Gasteiger partial charge >= 0.3 is 171 Å². The minimum atomic E-state index is -4.07. The summed E-state index contributed by atoms with van der Waals surface area (Å²) in [7, 11) is 1.36. The Morgan fingerprint density at radius 1 is 0.724 bits per heavy atom. The van der Waals surface area contributed by atoms with Crippen LogP contribution in [0.5, 0.6) is 0 Å². The van der Waals surface area contributed by atoms with Gasteiger partial charge in [0.15, 0.2) is 0 Å². The monoisotopic (exact) mass is 408 g/mol. The first-order valence-electron chi connectivity index (χ1n) is 9.43. The van der Waals surface area contributed by atoms with Crippen molar-refractivity contribution in [3.63, 3.8) is 0 Å². The predicted octanol–water partition coefficient (Wildman–Crippen LogP) is 3.56. The van der Waals surface area contributed by atoms with Crippen LogP contribution in [0.25, 0.3) is 0 Å². The Kier molecular flexibility index (Phi) is 5.86. The summed E-state index contributed by atoms with van der Waals surface area (Å²) in [5, 5.41) is 2.39. The molecule has 4 nitrogen and oxygen atoms in total. The van der Waals surface area contributed by atoms with Crippen molar-refractivity contribution in [2.75, 3.05) is 7.11 Å². The van der Waals surface area contributed by atoms with Crippen LogP contribution in [-0.2, 0) is 18.8 Å². The molecule has 0 amide bonds. The van der Waals surface area contributed by atoms with Gasteiger partial charge in [-0.3, -0.25) is 0 Å². The molecule has 0 bridgehead atoms. The van der Waals surface area contributed by atoms with Crippen LogP contribution < -0.4 is 15.9 Å². The molecule has 150 valence electrons. The average molecular weight is 408 g/mol. The Balaban J connectivity index is 2.62. The first-order valence-corrected chi connectivity index (χ1v) is 11.7. The average Bonchev–Trinajstić information content (AvgIpc) is 2.78. The van der Waals surface area contributed by atoms with Gasteiger partial charge in [0.1, 0.15) is 0 Å². The summed E-state index contributed by atoms with van der Waals surface area (Å²) in [5.41, 5.74) is -0.748. The van der Waals surface area contributed by atoms with E-state index in [-0.39, 0.29) is 0 Å². The summed E-state index contributed by atoms with van der Waals surface area (Å²) in [6, 6.07) is 28.7. The second-order valence-corrected chi connectivity index (χ2v) is 11.6. The maximum absolute atomic E-state index is 13.1. The number of rotatable bonds is 6. The van der Waals surface area contributed by atoms with Crippen LogP contribution in [0.4, 0.5) is 0 Å². The summed E-state index contributed by atoms with van der Waals surface area (Å²) in [6.07, 6.45) is 0. The Hall–Kier alpha value is -2.97. The fourth-order valence-corrected chi connectivity index (χ4v) is 10.2. The van der Waals surface area contributed by atoms with Crippen molar-refractivity contribution in [2.24, 2.45) is 0 Å². The molecule has 3 rings (SSSR count). The molecule has 0 saturated carbocycles. The number of ether oxygens (including phenoxy) is 1. The first-order chi connectivity index (χ1) is 14.0. The number of benzene rings is 3. The van der Waals surface area contributed by atoms with Crippen LogP contribution in [0, 0.1) is 0 Å². The van der Waals surface area contributed by atoms with Gasteiger partial charge < -0.3 is 0 Å². The SMILES string of the molecule is COC(=O)C(C)P(OC(C)=O)(c1ccccc1)(c1ccccc1)c1ccccc1. The van der Waals surface area contributed by atoms with E-state index in [1.165, 1.54) is 14.0 Å². The summed E-state index contributed by atoms with van der Waals surface area (Å²) in [6.45, 7) is -0.892. The molecule has 0 aromatic heterocycles. The summed E-state index contributed by atoms with van der Waals surface area (Å²) < 4.78 is 11.7. The van der Waals surface area contributed by atoms with Gasteiger partial charge in [-0.1, -0.05) is 0 Å². The number of hydrogen-bond acceptors (Lipinski definition) is 4. The van der Waals surface area contributed by atoms with Crippen LogP contribution in [0.15, 0.2) is 91.0 Å². The van der Waals surface area contributed by atoms with E-state index in [0.717, 1.165) is 15.9 Å². The van der Waals surface area contributed by atoms with Crippen molar-refractivity contribution in [2.45, 2.75) is 19.5 Å². The number of carbonyl (C=O) groups excluding carboxylic acids is 2. The van der Waals surface area contributed by atoms with Gasteiger partial charge in [0.05, 0.1) is 0 Å². The molecule has 3 aromatic rings. The van der Waals surface area contributed by atoms with Crippen molar-refractivity contribution in [3.05, 3.63) is 91.0 Å². The van der Waals surface area contributed by atoms with Crippen LogP contribution >= 0.6 is 6.83 Å². The fourth-order valence-electron chi connectivity index (χ4n) is 4.17. The van der Waals surface area contributed by atoms with Crippen molar-refractivity contribution < 1.29 is 18.8 Å². The third-order valence-corrected chi connectivity index (χ3v) is 11.7. The molecule has 29 heavy (non-hydrogen) atoms. The standard InChI is InChI=1S/C24H25O4P/c1-19(24(26)27-3)29(28-20(2)25,21-13-7-4-8-14-21,22-15-9-5-10-16-22)23-17-11-6-12-18-23/h4-19H,1-3H3. The first kappa shape index (κ1) is 20.8. The molecule has 0 spiro atoms. The van der Waals surface area contributed by atoms with E-state index < -0.39 is 24.4 Å². The van der Waals surface area contributed by atoms with Crippen LogP contribution in [0.2, 0.25) is 0 Å². The molecule has 1 atom stereocenters. The Morgan fingerprint density at radius 2 is 1.07 bits per heavy atom. The van der Waals surface area contributed by atoms with Gasteiger partial charge in [0.25, 0.3) is 0 Å². The van der Waals surface area contributed by atoms with Gasteiger partial charge in [0.2, 0.25) is 0 Å². The van der Waals surface area contributed by atoms with E-state index >= 15 is 0 Å². The predicted molar refractivity (Wildman–Crippen MR) is 118 cm³/mol. The molecule has 0 aliphatic heterocycles. The summed E-state index contributed by atoms with van der Waals surface area (Å²) >= 11 is 0. The molecule has 3 aromatic carbocycles. The van der Waals surface area contributed by atoms with Gasteiger partial charge in [0, 0.05) is 0 Å². The number of methoxy groups -OCH3 is 1. The number of carbonyl (C=O) groups is 2. The van der Waals surface area contributed by atoms with E-state index in [9.17, 15) is 9.59 Å². The molecule has 5 heteroatoms. The van der Waals surface area contributed by atoms with Crippen LogP contribution in [0.3, 0.4) is 0 Å². The Bertz CT molecular complexity index is 888. The van der Waals surface area contributed by atoms with E-state index in [1.807, 2.05) is 91.0 Å². The van der Waals surface area contributed by atoms with E-state index in [2.05, 4.69) is 0 Å². The maximum atomic E-state index is 13.1. The zero-order valence-electron chi connectivity index (χ0n) is 16.8. The quantitative estimate of drug-likeness (QED) is 0.462. The van der Waals surface area contributed by atoms with Crippen LogP contribution in [0.1, 0.15) is 13.8 Å². The Morgan fingerprint density at radius 3 is 1.34 bits per heavy atom. The Labute approximate surface area is 171 Å². The van der Waals surface area contributed by atoms with Gasteiger partial charge in [-0.25, -0.2) is 0 Å². The summed E-state index contributed by atoms with van der Waals surface area (Å²) in [4.78, 5) is 25.7. The van der Waals surface area contributed by atoms with Gasteiger partial charge in [-0.05, 0) is 0 Å². The van der Waals surface area contributed by atoms with E-state index in [0.29, 0.717) is 0 Å². The molecule has 0 aliphatic rings. The number of hydrogen-bond donors (Lipinski definition) is 0. The zero-order valence-corrected chi connectivity index (χ0v) is 17.7. The molecule has 0 saturated heterocycles. The molecule has 0 radical (unpaired) electrons. The van der Waals surface area contributed by atoms with E-state index in [1.54, 1.807) is 6.92 Å². The van der Waals surface area contributed by atoms with Gasteiger partial charge in [-0.2, -0.15) is 0 Å². The number of esters is 1. The zero-order chi connectivity index (χ0) is 20.9.